The van der Waals surface area contributed by atoms with Crippen LogP contribution in [0.1, 0.15) is 222 Å². The van der Waals surface area contributed by atoms with Crippen molar-refractivity contribution in [3.05, 3.63) is 0 Å². The molecular weight excluding hydrogens is 550 g/mol. The number of rotatable bonds is 32. The fourth-order valence-electron chi connectivity index (χ4n) is 5.30. The van der Waals surface area contributed by atoms with E-state index >= 15 is 0 Å². The second-order valence-electron chi connectivity index (χ2n) is 12.2. The molecule has 5 N–H and O–H groups in total. The molecule has 0 saturated heterocycles. The predicted molar refractivity (Wildman–Crippen MR) is 187 cm³/mol. The molecule has 0 fully saturated rings. The largest absolute Gasteiger partial charge is 2.00 e. The van der Waals surface area contributed by atoms with Crippen LogP contribution in [0.25, 0.3) is 0 Å². The third kappa shape index (κ3) is 52.8. The maximum Gasteiger partial charge on any atom is 2.00 e. The molecule has 5 nitrogen and oxygen atoms in total. The second-order valence-corrected chi connectivity index (χ2v) is 12.2. The zero-order valence-electron chi connectivity index (χ0n) is 30.8. The molecule has 6 heteroatoms. The van der Waals surface area contributed by atoms with Crippen LogP contribution < -0.4 is 6.15 Å². The maximum atomic E-state index is 10.3. The summed E-state index contributed by atoms with van der Waals surface area (Å²) >= 11 is 0. The van der Waals surface area contributed by atoms with Gasteiger partial charge in [0.25, 0.3) is 0 Å². The smallest absolute Gasteiger partial charge is 1.00 e. The van der Waals surface area contributed by atoms with Crippen molar-refractivity contribution in [1.82, 2.24) is 6.15 Å². The summed E-state index contributed by atoms with van der Waals surface area (Å²) in [4.78, 5) is 20.7. The van der Waals surface area contributed by atoms with Gasteiger partial charge in [-0.25, -0.2) is 0 Å². The van der Waals surface area contributed by atoms with Gasteiger partial charge in [-0.2, -0.15) is 0 Å². The average Bonchev–Trinajstić information content (AvgIpc) is 2.93. The van der Waals surface area contributed by atoms with Gasteiger partial charge in [0, 0.05) is 12.8 Å². The number of aliphatic carboxylic acids is 2. The molecule has 0 rings (SSSR count). The molecule has 0 aromatic heterocycles. The average molecular weight is 628 g/mol. The molecular formula is C36H77CaNO4. The number of carboxylic acids is 2. The normalized spacial score (nSPS) is 10.3. The van der Waals surface area contributed by atoms with Gasteiger partial charge in [-0.3, -0.25) is 9.59 Å². The van der Waals surface area contributed by atoms with Gasteiger partial charge in [0.2, 0.25) is 0 Å². The van der Waals surface area contributed by atoms with Gasteiger partial charge in [-0.15, -0.1) is 0 Å². The van der Waals surface area contributed by atoms with Gasteiger partial charge >= 0.3 is 49.7 Å². The summed E-state index contributed by atoms with van der Waals surface area (Å²) in [6, 6.07) is 0. The minimum atomic E-state index is -0.653. The summed E-state index contributed by atoms with van der Waals surface area (Å²) in [5, 5.41) is 17.0. The van der Waals surface area contributed by atoms with Crippen LogP contribution in [0.3, 0.4) is 0 Å². The Morgan fingerprint density at radius 1 is 0.357 bits per heavy atom. The Kier molecular flexibility index (Phi) is 53.2. The fraction of sp³-hybridized carbons (Fsp3) is 0.944. The topological polar surface area (TPSA) is 110 Å². The van der Waals surface area contributed by atoms with Crippen molar-refractivity contribution in [1.29, 1.82) is 0 Å². The van der Waals surface area contributed by atoms with Crippen molar-refractivity contribution in [2.24, 2.45) is 0 Å². The Morgan fingerprint density at radius 2 is 0.500 bits per heavy atom. The minimum absolute atomic E-state index is 0. The molecule has 0 saturated carbocycles. The molecule has 42 heavy (non-hydrogen) atoms. The molecule has 0 aromatic carbocycles. The quantitative estimate of drug-likeness (QED) is 0.0507. The molecule has 0 aliphatic heterocycles. The molecule has 0 heterocycles. The van der Waals surface area contributed by atoms with E-state index in [1.165, 1.54) is 167 Å². The van der Waals surface area contributed by atoms with Crippen molar-refractivity contribution in [2.45, 2.75) is 219 Å². The first-order chi connectivity index (χ1) is 19.5. The van der Waals surface area contributed by atoms with E-state index in [-0.39, 0.29) is 46.7 Å². The zero-order valence-corrected chi connectivity index (χ0v) is 31.0. The number of unbranched alkanes of at least 4 members (excludes halogenated alkanes) is 28. The van der Waals surface area contributed by atoms with Gasteiger partial charge in [0.15, 0.2) is 0 Å². The van der Waals surface area contributed by atoms with Gasteiger partial charge in [0.1, 0.15) is 0 Å². The third-order valence-electron chi connectivity index (χ3n) is 7.99. The fourth-order valence-corrected chi connectivity index (χ4v) is 5.30. The van der Waals surface area contributed by atoms with Crippen molar-refractivity contribution in [3.63, 3.8) is 0 Å². The first-order valence-corrected chi connectivity index (χ1v) is 18.0. The van der Waals surface area contributed by atoms with E-state index in [2.05, 4.69) is 13.8 Å². The Morgan fingerprint density at radius 3 is 0.643 bits per heavy atom. The van der Waals surface area contributed by atoms with Crippen LogP contribution in [0.15, 0.2) is 0 Å². The van der Waals surface area contributed by atoms with E-state index in [0.717, 1.165) is 25.7 Å². The summed E-state index contributed by atoms with van der Waals surface area (Å²) in [7, 11) is 0. The molecule has 0 amide bonds. The first-order valence-electron chi connectivity index (χ1n) is 18.0. The monoisotopic (exact) mass is 628 g/mol. The van der Waals surface area contributed by atoms with E-state index in [9.17, 15) is 9.59 Å². The summed E-state index contributed by atoms with van der Waals surface area (Å²) in [6.07, 6.45) is 40.4. The predicted octanol–water partition coefficient (Wildman–Crippen LogP) is 12.7. The molecule has 0 unspecified atom stereocenters. The van der Waals surface area contributed by atoms with Crippen molar-refractivity contribution < 1.29 is 22.7 Å². The molecule has 0 aromatic rings. The molecule has 0 atom stereocenters. The Balaban J connectivity index is -0.000000150. The van der Waals surface area contributed by atoms with Gasteiger partial charge in [-0.05, 0) is 12.8 Å². The summed E-state index contributed by atoms with van der Waals surface area (Å²) in [5.41, 5.74) is 0. The second kappa shape index (κ2) is 45.6. The van der Waals surface area contributed by atoms with Crippen LogP contribution in [0.4, 0.5) is 0 Å². The summed E-state index contributed by atoms with van der Waals surface area (Å²) in [5.74, 6) is -1.31. The van der Waals surface area contributed by atoms with Crippen LogP contribution in [0.5, 0.6) is 0 Å². The van der Waals surface area contributed by atoms with Crippen LogP contribution >= 0.6 is 0 Å². The summed E-state index contributed by atoms with van der Waals surface area (Å²) < 4.78 is 0. The Bertz CT molecular complexity index is 473. The third-order valence-corrected chi connectivity index (χ3v) is 7.99. The first kappa shape index (κ1) is 49.0. The van der Waals surface area contributed by atoms with Gasteiger partial charge in [-0.1, -0.05) is 194 Å². The molecule has 0 bridgehead atoms. The van der Waals surface area contributed by atoms with Gasteiger partial charge < -0.3 is 19.2 Å². The SMILES string of the molecule is CCCCCCCCCCCCCCCCCC(=O)O.CCCCCCCCCCCCCCCCCC(=O)O.N.[Ca+2].[H-].[H-]. The minimum Gasteiger partial charge on any atom is -1.00 e. The molecule has 252 valence electrons. The van der Waals surface area contributed by atoms with Crippen LogP contribution in [0, 0.1) is 0 Å². The van der Waals surface area contributed by atoms with E-state index in [0.29, 0.717) is 12.8 Å². The molecule has 0 spiro atoms. The van der Waals surface area contributed by atoms with E-state index in [4.69, 9.17) is 10.2 Å². The Labute approximate surface area is 296 Å². The number of hydrogen-bond acceptors (Lipinski definition) is 3. The maximum absolute atomic E-state index is 10.3. The number of carboxylic acid groups (broad SMARTS) is 2. The van der Waals surface area contributed by atoms with E-state index < -0.39 is 11.9 Å². The molecule has 0 radical (unpaired) electrons. The van der Waals surface area contributed by atoms with Crippen LogP contribution in [0.2, 0.25) is 0 Å². The standard InChI is InChI=1S/2C18H36O2.Ca.H3N.2H/c2*1-2-3-4-5-6-7-8-9-10-11-12-13-14-15-16-17-18(19)20;;;;/h2*2-17H2,1H3,(H,19,20);;1H3;;/q;;+2;;2*-1. The Hall–Kier alpha value is 0.160. The molecule has 0 aliphatic carbocycles. The van der Waals surface area contributed by atoms with Gasteiger partial charge in [0.05, 0.1) is 0 Å². The van der Waals surface area contributed by atoms with Crippen molar-refractivity contribution in [3.8, 4) is 0 Å². The zero-order chi connectivity index (χ0) is 29.8. The summed E-state index contributed by atoms with van der Waals surface area (Å²) in [6.45, 7) is 4.54. The van der Waals surface area contributed by atoms with Crippen molar-refractivity contribution in [2.75, 3.05) is 0 Å². The number of hydrogen-bond donors (Lipinski definition) is 3. The van der Waals surface area contributed by atoms with Crippen molar-refractivity contribution >= 4 is 49.7 Å². The van der Waals surface area contributed by atoms with Crippen LogP contribution in [-0.4, -0.2) is 59.9 Å². The van der Waals surface area contributed by atoms with E-state index in [1.807, 2.05) is 0 Å². The van der Waals surface area contributed by atoms with Crippen LogP contribution in [-0.2, 0) is 9.59 Å². The van der Waals surface area contributed by atoms with E-state index in [1.54, 1.807) is 0 Å². The number of carbonyl (C=O) groups is 2. The molecule has 0 aliphatic rings.